The monoisotopic (exact) mass is 346 g/mol. The first-order chi connectivity index (χ1) is 11.5. The highest BCUT2D eigenvalue weighted by atomic mass is 32.2. The second kappa shape index (κ2) is 6.83. The van der Waals surface area contributed by atoms with Gasteiger partial charge in [-0.05, 0) is 37.1 Å². The SMILES string of the molecule is CN(C)c1cccc(S(=O)(=O)NC2CCCOc3ccccc32)c1. The predicted molar refractivity (Wildman–Crippen MR) is 95.0 cm³/mol. The van der Waals surface area contributed by atoms with Gasteiger partial charge in [0.25, 0.3) is 0 Å². The number of sulfonamides is 1. The lowest BCUT2D eigenvalue weighted by Gasteiger charge is -2.19. The van der Waals surface area contributed by atoms with Gasteiger partial charge in [-0.15, -0.1) is 0 Å². The van der Waals surface area contributed by atoms with Crippen molar-refractivity contribution in [3.8, 4) is 5.75 Å². The molecule has 24 heavy (non-hydrogen) atoms. The number of anilines is 1. The van der Waals surface area contributed by atoms with Gasteiger partial charge < -0.3 is 9.64 Å². The quantitative estimate of drug-likeness (QED) is 0.925. The summed E-state index contributed by atoms with van der Waals surface area (Å²) in [4.78, 5) is 2.16. The first-order valence-electron chi connectivity index (χ1n) is 7.99. The third-order valence-corrected chi connectivity index (χ3v) is 5.60. The van der Waals surface area contributed by atoms with E-state index in [-0.39, 0.29) is 10.9 Å². The van der Waals surface area contributed by atoms with Gasteiger partial charge in [0.05, 0.1) is 17.5 Å². The van der Waals surface area contributed by atoms with E-state index < -0.39 is 10.0 Å². The van der Waals surface area contributed by atoms with E-state index in [0.29, 0.717) is 13.0 Å². The summed E-state index contributed by atoms with van der Waals surface area (Å²) in [6, 6.07) is 14.3. The molecule has 0 radical (unpaired) electrons. The van der Waals surface area contributed by atoms with Crippen molar-refractivity contribution in [1.29, 1.82) is 0 Å². The van der Waals surface area contributed by atoms with Crippen LogP contribution < -0.4 is 14.4 Å². The minimum absolute atomic E-state index is 0.274. The number of nitrogens with one attached hydrogen (secondary N) is 1. The van der Waals surface area contributed by atoms with Gasteiger partial charge in [0.1, 0.15) is 5.75 Å². The minimum Gasteiger partial charge on any atom is -0.493 e. The molecule has 2 aromatic rings. The first-order valence-corrected chi connectivity index (χ1v) is 9.47. The molecular formula is C18H22N2O3S. The highest BCUT2D eigenvalue weighted by Gasteiger charge is 2.25. The number of rotatable bonds is 4. The molecule has 0 aliphatic carbocycles. The number of benzene rings is 2. The molecule has 0 amide bonds. The highest BCUT2D eigenvalue weighted by molar-refractivity contribution is 7.89. The molecular weight excluding hydrogens is 324 g/mol. The van der Waals surface area contributed by atoms with Crippen LogP contribution in [0.4, 0.5) is 5.69 Å². The van der Waals surface area contributed by atoms with Crippen LogP contribution in [0.2, 0.25) is 0 Å². The fraction of sp³-hybridized carbons (Fsp3) is 0.333. The van der Waals surface area contributed by atoms with E-state index in [4.69, 9.17) is 4.74 Å². The van der Waals surface area contributed by atoms with Crippen molar-refractivity contribution >= 4 is 15.7 Å². The topological polar surface area (TPSA) is 58.6 Å². The smallest absolute Gasteiger partial charge is 0.241 e. The molecule has 0 spiro atoms. The number of ether oxygens (including phenoxy) is 1. The maximum absolute atomic E-state index is 12.8. The van der Waals surface area contributed by atoms with Gasteiger partial charge in [-0.3, -0.25) is 0 Å². The third-order valence-electron chi connectivity index (χ3n) is 4.13. The Bertz CT molecular complexity index is 819. The fourth-order valence-electron chi connectivity index (χ4n) is 2.83. The average Bonchev–Trinajstić information content (AvgIpc) is 2.77. The molecule has 0 saturated heterocycles. The number of hydrogen-bond acceptors (Lipinski definition) is 4. The van der Waals surface area contributed by atoms with Crippen LogP contribution in [-0.2, 0) is 10.0 Å². The molecule has 1 aliphatic heterocycles. The molecule has 1 aliphatic rings. The van der Waals surface area contributed by atoms with Crippen LogP contribution in [0.5, 0.6) is 5.75 Å². The molecule has 0 fully saturated rings. The summed E-state index contributed by atoms with van der Waals surface area (Å²) in [5, 5.41) is 0. The lowest BCUT2D eigenvalue weighted by molar-refractivity contribution is 0.316. The van der Waals surface area contributed by atoms with Crippen molar-refractivity contribution in [2.24, 2.45) is 0 Å². The Labute approximate surface area is 143 Å². The van der Waals surface area contributed by atoms with E-state index in [1.54, 1.807) is 18.2 Å². The van der Waals surface area contributed by atoms with Gasteiger partial charge in [-0.2, -0.15) is 0 Å². The molecule has 1 unspecified atom stereocenters. The summed E-state index contributed by atoms with van der Waals surface area (Å²) in [5.41, 5.74) is 1.74. The number of nitrogens with zero attached hydrogens (tertiary/aromatic N) is 1. The maximum Gasteiger partial charge on any atom is 0.241 e. The Morgan fingerprint density at radius 2 is 1.92 bits per heavy atom. The molecule has 3 rings (SSSR count). The second-order valence-corrected chi connectivity index (χ2v) is 7.81. The molecule has 0 saturated carbocycles. The number of hydrogen-bond donors (Lipinski definition) is 1. The summed E-state index contributed by atoms with van der Waals surface area (Å²) in [6.07, 6.45) is 1.52. The highest BCUT2D eigenvalue weighted by Crippen LogP contribution is 2.32. The van der Waals surface area contributed by atoms with E-state index in [0.717, 1.165) is 23.4 Å². The van der Waals surface area contributed by atoms with E-state index in [1.165, 1.54) is 0 Å². The fourth-order valence-corrected chi connectivity index (χ4v) is 4.12. The normalized spacial score (nSPS) is 17.5. The van der Waals surface area contributed by atoms with E-state index in [2.05, 4.69) is 4.72 Å². The van der Waals surface area contributed by atoms with Crippen LogP contribution in [-0.4, -0.2) is 29.1 Å². The van der Waals surface area contributed by atoms with Crippen LogP contribution >= 0.6 is 0 Å². The van der Waals surface area contributed by atoms with Crippen LogP contribution in [0.1, 0.15) is 24.4 Å². The summed E-state index contributed by atoms with van der Waals surface area (Å²) >= 11 is 0. The Morgan fingerprint density at radius 1 is 1.12 bits per heavy atom. The largest absolute Gasteiger partial charge is 0.493 e. The van der Waals surface area contributed by atoms with Crippen molar-refractivity contribution in [3.63, 3.8) is 0 Å². The van der Waals surface area contributed by atoms with Gasteiger partial charge in [0.2, 0.25) is 10.0 Å². The van der Waals surface area contributed by atoms with E-state index >= 15 is 0 Å². The van der Waals surface area contributed by atoms with Crippen LogP contribution in [0.15, 0.2) is 53.4 Å². The first kappa shape index (κ1) is 16.8. The zero-order valence-electron chi connectivity index (χ0n) is 13.9. The molecule has 1 atom stereocenters. The Morgan fingerprint density at radius 3 is 2.71 bits per heavy atom. The van der Waals surface area contributed by atoms with Crippen LogP contribution in [0.25, 0.3) is 0 Å². The number of para-hydroxylation sites is 1. The standard InChI is InChI=1S/C18H22N2O3S/c1-20(2)14-7-5-8-15(13-14)24(21,22)19-17-10-6-12-23-18-11-4-3-9-16(17)18/h3-5,7-9,11,13,17,19H,6,10,12H2,1-2H3. The zero-order valence-corrected chi connectivity index (χ0v) is 14.7. The van der Waals surface area contributed by atoms with Crippen molar-refractivity contribution in [2.45, 2.75) is 23.8 Å². The Balaban J connectivity index is 1.91. The molecule has 1 heterocycles. The van der Waals surface area contributed by atoms with Gasteiger partial charge in [0, 0.05) is 25.3 Å². The van der Waals surface area contributed by atoms with E-state index in [9.17, 15) is 8.42 Å². The van der Waals surface area contributed by atoms with Gasteiger partial charge in [0.15, 0.2) is 0 Å². The predicted octanol–water partition coefficient (Wildman–Crippen LogP) is 2.94. The van der Waals surface area contributed by atoms with Crippen LogP contribution in [0, 0.1) is 0 Å². The summed E-state index contributed by atoms with van der Waals surface area (Å²) < 4.78 is 34.2. The molecule has 2 aromatic carbocycles. The molecule has 5 nitrogen and oxygen atoms in total. The molecule has 1 N–H and O–H groups in total. The molecule has 128 valence electrons. The maximum atomic E-state index is 12.8. The second-order valence-electron chi connectivity index (χ2n) is 6.09. The van der Waals surface area contributed by atoms with E-state index in [1.807, 2.05) is 49.3 Å². The minimum atomic E-state index is -3.61. The van der Waals surface area contributed by atoms with Crippen molar-refractivity contribution in [1.82, 2.24) is 4.72 Å². The van der Waals surface area contributed by atoms with Crippen molar-refractivity contribution in [3.05, 3.63) is 54.1 Å². The van der Waals surface area contributed by atoms with Gasteiger partial charge in [-0.25, -0.2) is 13.1 Å². The van der Waals surface area contributed by atoms with Crippen molar-refractivity contribution < 1.29 is 13.2 Å². The Kier molecular flexibility index (Phi) is 4.78. The average molecular weight is 346 g/mol. The third kappa shape index (κ3) is 3.55. The lowest BCUT2D eigenvalue weighted by atomic mass is 10.0. The summed E-state index contributed by atoms with van der Waals surface area (Å²) in [5.74, 6) is 0.754. The van der Waals surface area contributed by atoms with Gasteiger partial charge in [-0.1, -0.05) is 24.3 Å². The summed E-state index contributed by atoms with van der Waals surface area (Å²) in [6.45, 7) is 0.603. The number of fused-ring (bicyclic) bond motifs is 1. The van der Waals surface area contributed by atoms with Crippen molar-refractivity contribution in [2.75, 3.05) is 25.6 Å². The zero-order chi connectivity index (χ0) is 17.2. The molecule has 0 bridgehead atoms. The molecule has 6 heteroatoms. The van der Waals surface area contributed by atoms with Gasteiger partial charge >= 0.3 is 0 Å². The molecule has 0 aromatic heterocycles. The summed E-state index contributed by atoms with van der Waals surface area (Å²) in [7, 11) is 0.167. The lowest BCUT2D eigenvalue weighted by Crippen LogP contribution is -2.28. The Hall–Kier alpha value is -2.05. The van der Waals surface area contributed by atoms with Crippen LogP contribution in [0.3, 0.4) is 0 Å².